The number of likely N-dealkylation sites (tertiary alicyclic amines) is 1. The van der Waals surface area contributed by atoms with E-state index in [2.05, 4.69) is 31.1 Å². The van der Waals surface area contributed by atoms with Gasteiger partial charge in [-0.3, -0.25) is 0 Å². The van der Waals surface area contributed by atoms with E-state index in [1.165, 1.54) is 38.9 Å². The zero-order chi connectivity index (χ0) is 13.0. The van der Waals surface area contributed by atoms with E-state index in [0.29, 0.717) is 5.41 Å². The van der Waals surface area contributed by atoms with E-state index in [1.54, 1.807) is 0 Å². The van der Waals surface area contributed by atoms with Crippen LogP contribution in [0.1, 0.15) is 33.1 Å². The first-order valence-electron chi connectivity index (χ1n) is 7.60. The Morgan fingerprint density at radius 2 is 2.06 bits per heavy atom. The first kappa shape index (κ1) is 14.3. The Morgan fingerprint density at radius 3 is 2.56 bits per heavy atom. The summed E-state index contributed by atoms with van der Waals surface area (Å²) in [6.45, 7) is 11.5. The number of hydrogen-bond donors (Lipinski definition) is 1. The van der Waals surface area contributed by atoms with Crippen LogP contribution in [0.4, 0.5) is 0 Å². The summed E-state index contributed by atoms with van der Waals surface area (Å²) in [7, 11) is 2.06. The first-order valence-corrected chi connectivity index (χ1v) is 7.60. The third-order valence-electron chi connectivity index (χ3n) is 4.87. The van der Waals surface area contributed by atoms with Crippen molar-refractivity contribution in [3.8, 4) is 0 Å². The van der Waals surface area contributed by atoms with Crippen molar-refractivity contribution in [3.05, 3.63) is 0 Å². The molecule has 0 aliphatic carbocycles. The Labute approximate surface area is 112 Å². The standard InChI is InChI=1S/C15H30N2O/c1-13(2)14-4-7-17(8-5-14)11-15(10-16-3)6-9-18-12-15/h13-14,16H,4-12H2,1-3H3. The van der Waals surface area contributed by atoms with Gasteiger partial charge in [0, 0.05) is 25.1 Å². The zero-order valence-corrected chi connectivity index (χ0v) is 12.4. The second-order valence-corrected chi connectivity index (χ2v) is 6.69. The number of hydrogen-bond acceptors (Lipinski definition) is 3. The summed E-state index contributed by atoms with van der Waals surface area (Å²) in [6, 6.07) is 0. The monoisotopic (exact) mass is 254 g/mol. The third kappa shape index (κ3) is 3.46. The smallest absolute Gasteiger partial charge is 0.0547 e. The quantitative estimate of drug-likeness (QED) is 0.812. The minimum absolute atomic E-state index is 0.374. The second-order valence-electron chi connectivity index (χ2n) is 6.69. The van der Waals surface area contributed by atoms with Crippen molar-refractivity contribution in [2.75, 3.05) is 46.4 Å². The van der Waals surface area contributed by atoms with Gasteiger partial charge in [-0.2, -0.15) is 0 Å². The van der Waals surface area contributed by atoms with Crippen molar-refractivity contribution in [2.24, 2.45) is 17.3 Å². The SMILES string of the molecule is CNCC1(CN2CCC(C(C)C)CC2)CCOC1. The van der Waals surface area contributed by atoms with E-state index in [4.69, 9.17) is 4.74 Å². The molecule has 0 spiro atoms. The van der Waals surface area contributed by atoms with Gasteiger partial charge in [0.25, 0.3) is 0 Å². The van der Waals surface area contributed by atoms with E-state index in [1.807, 2.05) is 0 Å². The third-order valence-corrected chi connectivity index (χ3v) is 4.87. The number of nitrogens with one attached hydrogen (secondary N) is 1. The average molecular weight is 254 g/mol. The van der Waals surface area contributed by atoms with Crippen LogP contribution in [0.2, 0.25) is 0 Å². The van der Waals surface area contributed by atoms with Crippen molar-refractivity contribution in [1.82, 2.24) is 10.2 Å². The highest BCUT2D eigenvalue weighted by Gasteiger charge is 2.37. The fraction of sp³-hybridized carbons (Fsp3) is 1.00. The number of ether oxygens (including phenoxy) is 1. The Hall–Kier alpha value is -0.120. The molecule has 2 heterocycles. The zero-order valence-electron chi connectivity index (χ0n) is 12.4. The van der Waals surface area contributed by atoms with Crippen molar-refractivity contribution in [3.63, 3.8) is 0 Å². The molecule has 2 fully saturated rings. The van der Waals surface area contributed by atoms with Gasteiger partial charge in [0.2, 0.25) is 0 Å². The van der Waals surface area contributed by atoms with Crippen molar-refractivity contribution >= 4 is 0 Å². The van der Waals surface area contributed by atoms with Gasteiger partial charge in [0.15, 0.2) is 0 Å². The molecule has 2 aliphatic rings. The van der Waals surface area contributed by atoms with Gasteiger partial charge in [-0.1, -0.05) is 13.8 Å². The molecule has 0 aromatic carbocycles. The Morgan fingerprint density at radius 1 is 1.33 bits per heavy atom. The molecule has 2 rings (SSSR count). The van der Waals surface area contributed by atoms with Crippen LogP contribution < -0.4 is 5.32 Å². The van der Waals surface area contributed by atoms with Crippen LogP contribution in [-0.2, 0) is 4.74 Å². The Balaban J connectivity index is 1.82. The highest BCUT2D eigenvalue weighted by atomic mass is 16.5. The first-order chi connectivity index (χ1) is 8.65. The molecule has 0 aromatic heterocycles. The maximum Gasteiger partial charge on any atom is 0.0547 e. The molecule has 0 aromatic rings. The van der Waals surface area contributed by atoms with Gasteiger partial charge in [-0.15, -0.1) is 0 Å². The largest absolute Gasteiger partial charge is 0.381 e. The van der Waals surface area contributed by atoms with Gasteiger partial charge >= 0.3 is 0 Å². The van der Waals surface area contributed by atoms with Crippen LogP contribution in [0.5, 0.6) is 0 Å². The fourth-order valence-electron chi connectivity index (χ4n) is 3.60. The lowest BCUT2D eigenvalue weighted by Crippen LogP contribution is -2.47. The average Bonchev–Trinajstić information content (AvgIpc) is 2.79. The summed E-state index contributed by atoms with van der Waals surface area (Å²) in [5.41, 5.74) is 0.374. The summed E-state index contributed by atoms with van der Waals surface area (Å²) in [5.74, 6) is 1.80. The second kappa shape index (κ2) is 6.36. The van der Waals surface area contributed by atoms with E-state index >= 15 is 0 Å². The molecule has 0 amide bonds. The predicted octanol–water partition coefficient (Wildman–Crippen LogP) is 1.98. The molecule has 3 nitrogen and oxygen atoms in total. The maximum absolute atomic E-state index is 5.65. The maximum atomic E-state index is 5.65. The van der Waals surface area contributed by atoms with Crippen LogP contribution in [-0.4, -0.2) is 51.3 Å². The van der Waals surface area contributed by atoms with Gasteiger partial charge in [0.05, 0.1) is 6.61 Å². The lowest BCUT2D eigenvalue weighted by Gasteiger charge is -2.39. The molecule has 106 valence electrons. The summed E-state index contributed by atoms with van der Waals surface area (Å²) in [6.07, 6.45) is 3.99. The van der Waals surface area contributed by atoms with Crippen LogP contribution in [0.25, 0.3) is 0 Å². The van der Waals surface area contributed by atoms with E-state index in [-0.39, 0.29) is 0 Å². The minimum atomic E-state index is 0.374. The van der Waals surface area contributed by atoms with Crippen molar-refractivity contribution in [1.29, 1.82) is 0 Å². The molecule has 3 heteroatoms. The number of rotatable bonds is 5. The summed E-state index contributed by atoms with van der Waals surface area (Å²) in [4.78, 5) is 2.67. The molecular weight excluding hydrogens is 224 g/mol. The molecular formula is C15H30N2O. The predicted molar refractivity (Wildman–Crippen MR) is 75.8 cm³/mol. The summed E-state index contributed by atoms with van der Waals surface area (Å²) in [5, 5.41) is 3.36. The van der Waals surface area contributed by atoms with Gasteiger partial charge < -0.3 is 15.0 Å². The molecule has 1 unspecified atom stereocenters. The molecule has 0 radical (unpaired) electrons. The number of nitrogens with zero attached hydrogens (tertiary/aromatic N) is 1. The van der Waals surface area contributed by atoms with E-state index < -0.39 is 0 Å². The van der Waals surface area contributed by atoms with Crippen molar-refractivity contribution < 1.29 is 4.74 Å². The molecule has 2 aliphatic heterocycles. The highest BCUT2D eigenvalue weighted by Crippen LogP contribution is 2.32. The lowest BCUT2D eigenvalue weighted by atomic mass is 9.83. The van der Waals surface area contributed by atoms with Gasteiger partial charge in [-0.25, -0.2) is 0 Å². The minimum Gasteiger partial charge on any atom is -0.381 e. The van der Waals surface area contributed by atoms with E-state index in [9.17, 15) is 0 Å². The molecule has 0 bridgehead atoms. The van der Waals surface area contributed by atoms with Crippen LogP contribution >= 0.6 is 0 Å². The van der Waals surface area contributed by atoms with Gasteiger partial charge in [0.1, 0.15) is 0 Å². The fourth-order valence-corrected chi connectivity index (χ4v) is 3.60. The van der Waals surface area contributed by atoms with Crippen LogP contribution in [0.15, 0.2) is 0 Å². The molecule has 1 N–H and O–H groups in total. The van der Waals surface area contributed by atoms with E-state index in [0.717, 1.165) is 31.6 Å². The molecule has 1 atom stereocenters. The highest BCUT2D eigenvalue weighted by molar-refractivity contribution is 4.89. The molecule has 0 saturated carbocycles. The summed E-state index contributed by atoms with van der Waals surface area (Å²) < 4.78 is 5.65. The Bertz CT molecular complexity index is 241. The van der Waals surface area contributed by atoms with Crippen molar-refractivity contribution in [2.45, 2.75) is 33.1 Å². The number of piperidine rings is 1. The topological polar surface area (TPSA) is 24.5 Å². The van der Waals surface area contributed by atoms with Crippen LogP contribution in [0, 0.1) is 17.3 Å². The Kier molecular flexibility index (Phi) is 5.05. The summed E-state index contributed by atoms with van der Waals surface area (Å²) >= 11 is 0. The van der Waals surface area contributed by atoms with Gasteiger partial charge in [-0.05, 0) is 51.2 Å². The van der Waals surface area contributed by atoms with Crippen LogP contribution in [0.3, 0.4) is 0 Å². The lowest BCUT2D eigenvalue weighted by molar-refractivity contribution is 0.0812. The molecule has 2 saturated heterocycles. The molecule has 18 heavy (non-hydrogen) atoms. The normalized spacial score (nSPS) is 31.3.